The van der Waals surface area contributed by atoms with E-state index in [4.69, 9.17) is 0 Å². The first kappa shape index (κ1) is 20.4. The second-order valence-corrected chi connectivity index (χ2v) is 6.52. The van der Waals surface area contributed by atoms with E-state index in [0.29, 0.717) is 11.5 Å². The number of aliphatic hydroxyl groups is 1. The van der Waals surface area contributed by atoms with E-state index < -0.39 is 12.5 Å². The molecule has 2 atom stereocenters. The highest BCUT2D eigenvalue weighted by Gasteiger charge is 2.31. The lowest BCUT2D eigenvalue weighted by atomic mass is 10.0. The van der Waals surface area contributed by atoms with Crippen LogP contribution < -0.4 is 10.1 Å². The summed E-state index contributed by atoms with van der Waals surface area (Å²) < 4.78 is 40.4. The molecular weight excluding hydrogens is 347 g/mol. The number of piperidine rings is 1. The maximum absolute atomic E-state index is 12.2. The minimum Gasteiger partial charge on any atom is -0.406 e. The third kappa shape index (κ3) is 6.40. The van der Waals surface area contributed by atoms with Crippen LogP contribution in [0, 0.1) is 5.92 Å². The van der Waals surface area contributed by atoms with E-state index in [0.717, 1.165) is 32.0 Å². The van der Waals surface area contributed by atoms with Crippen LogP contribution in [0.15, 0.2) is 29.3 Å². The minimum absolute atomic E-state index is 0.132. The monoisotopic (exact) mass is 373 g/mol. The number of aliphatic imine (C=N–C) groups is 1. The number of nitrogens with one attached hydrogen (secondary N) is 1. The van der Waals surface area contributed by atoms with E-state index in [1.54, 1.807) is 0 Å². The van der Waals surface area contributed by atoms with Gasteiger partial charge in [-0.25, -0.2) is 0 Å². The predicted octanol–water partition coefficient (Wildman–Crippen LogP) is 3.32. The van der Waals surface area contributed by atoms with E-state index in [1.807, 2.05) is 6.92 Å². The molecule has 5 nitrogen and oxygen atoms in total. The van der Waals surface area contributed by atoms with Gasteiger partial charge in [0.1, 0.15) is 5.75 Å². The number of aliphatic hydroxyl groups excluding tert-OH is 1. The zero-order valence-electron chi connectivity index (χ0n) is 15.1. The van der Waals surface area contributed by atoms with E-state index in [1.165, 1.54) is 30.7 Å². The number of guanidine groups is 1. The average molecular weight is 373 g/mol. The highest BCUT2D eigenvalue weighted by molar-refractivity contribution is 5.80. The molecule has 1 fully saturated rings. The second-order valence-electron chi connectivity index (χ2n) is 6.52. The number of benzene rings is 1. The molecule has 1 aromatic rings. The Morgan fingerprint density at radius 2 is 2.08 bits per heavy atom. The Labute approximate surface area is 151 Å². The first-order chi connectivity index (χ1) is 12.3. The number of halogens is 3. The number of rotatable bonds is 5. The number of hydrogen-bond acceptors (Lipinski definition) is 3. The maximum atomic E-state index is 12.2. The Morgan fingerprint density at radius 1 is 1.38 bits per heavy atom. The fraction of sp³-hybridized carbons (Fsp3) is 0.611. The molecule has 1 heterocycles. The largest absolute Gasteiger partial charge is 0.573 e. The molecule has 0 bridgehead atoms. The molecule has 0 amide bonds. The summed E-state index contributed by atoms with van der Waals surface area (Å²) in [5.74, 6) is 1.04. The van der Waals surface area contributed by atoms with E-state index >= 15 is 0 Å². The first-order valence-corrected chi connectivity index (χ1v) is 8.85. The Balaban J connectivity index is 1.99. The van der Waals surface area contributed by atoms with Crippen molar-refractivity contribution in [2.75, 3.05) is 26.2 Å². The van der Waals surface area contributed by atoms with Gasteiger partial charge in [-0.2, -0.15) is 0 Å². The predicted molar refractivity (Wildman–Crippen MR) is 94.0 cm³/mol. The Morgan fingerprint density at radius 3 is 2.65 bits per heavy atom. The van der Waals surface area contributed by atoms with Crippen molar-refractivity contribution in [1.82, 2.24) is 10.2 Å². The van der Waals surface area contributed by atoms with Crippen molar-refractivity contribution in [3.8, 4) is 5.75 Å². The molecule has 0 spiro atoms. The normalized spacial score (nSPS) is 20.0. The summed E-state index contributed by atoms with van der Waals surface area (Å²) in [5, 5.41) is 13.5. The van der Waals surface area contributed by atoms with Gasteiger partial charge in [-0.15, -0.1) is 13.2 Å². The molecule has 1 aromatic carbocycles. The van der Waals surface area contributed by atoms with Gasteiger partial charge in [0, 0.05) is 19.6 Å². The van der Waals surface area contributed by atoms with Crippen molar-refractivity contribution in [2.45, 2.75) is 39.2 Å². The molecule has 0 aliphatic carbocycles. The van der Waals surface area contributed by atoms with Crippen LogP contribution >= 0.6 is 0 Å². The van der Waals surface area contributed by atoms with Crippen LogP contribution in [0.1, 0.15) is 38.4 Å². The van der Waals surface area contributed by atoms with Crippen molar-refractivity contribution in [1.29, 1.82) is 0 Å². The molecular formula is C18H26F3N3O2. The first-order valence-electron chi connectivity index (χ1n) is 8.85. The van der Waals surface area contributed by atoms with Gasteiger partial charge in [0.15, 0.2) is 5.96 Å². The van der Waals surface area contributed by atoms with Gasteiger partial charge in [0.25, 0.3) is 0 Å². The summed E-state index contributed by atoms with van der Waals surface area (Å²) in [4.78, 5) is 6.69. The standard InChI is InChI=1S/C18H26F3N3O2/c1-3-22-17(24-10-4-5-13(2)12-24)23-11-16(25)14-6-8-15(9-7-14)26-18(19,20)21/h6-9,13,16,25H,3-5,10-12H2,1-2H3,(H,22,23). The van der Waals surface area contributed by atoms with Crippen LogP contribution in [0.25, 0.3) is 0 Å². The van der Waals surface area contributed by atoms with E-state index in [2.05, 4.69) is 26.9 Å². The van der Waals surface area contributed by atoms with Crippen molar-refractivity contribution >= 4 is 5.96 Å². The van der Waals surface area contributed by atoms with E-state index in [-0.39, 0.29) is 12.3 Å². The number of hydrogen-bond donors (Lipinski definition) is 2. The fourth-order valence-electron chi connectivity index (χ4n) is 2.98. The van der Waals surface area contributed by atoms with Gasteiger partial charge in [0.2, 0.25) is 0 Å². The van der Waals surface area contributed by atoms with Crippen LogP contribution in [-0.2, 0) is 0 Å². The van der Waals surface area contributed by atoms with Crippen LogP contribution in [0.4, 0.5) is 13.2 Å². The van der Waals surface area contributed by atoms with Crippen molar-refractivity contribution in [2.24, 2.45) is 10.9 Å². The molecule has 0 saturated carbocycles. The molecule has 1 saturated heterocycles. The van der Waals surface area contributed by atoms with Crippen LogP contribution in [-0.4, -0.2) is 48.5 Å². The molecule has 2 unspecified atom stereocenters. The van der Waals surface area contributed by atoms with Gasteiger partial charge in [-0.3, -0.25) is 4.99 Å². The molecule has 0 radical (unpaired) electrons. The number of nitrogens with zero attached hydrogens (tertiary/aromatic N) is 2. The zero-order chi connectivity index (χ0) is 19.2. The van der Waals surface area contributed by atoms with Crippen molar-refractivity contribution < 1.29 is 23.0 Å². The number of alkyl halides is 3. The lowest BCUT2D eigenvalue weighted by Crippen LogP contribution is -2.46. The molecule has 146 valence electrons. The summed E-state index contributed by atoms with van der Waals surface area (Å²) >= 11 is 0. The van der Waals surface area contributed by atoms with Gasteiger partial charge in [-0.1, -0.05) is 19.1 Å². The quantitative estimate of drug-likeness (QED) is 0.614. The van der Waals surface area contributed by atoms with Gasteiger partial charge >= 0.3 is 6.36 Å². The highest BCUT2D eigenvalue weighted by atomic mass is 19.4. The molecule has 2 rings (SSSR count). The Hall–Kier alpha value is -1.96. The SMILES string of the molecule is CCNC(=NCC(O)c1ccc(OC(F)(F)F)cc1)N1CCCC(C)C1. The third-order valence-electron chi connectivity index (χ3n) is 4.20. The van der Waals surface area contributed by atoms with Gasteiger partial charge in [-0.05, 0) is 43.4 Å². The molecule has 1 aliphatic rings. The molecule has 1 aliphatic heterocycles. The number of likely N-dealkylation sites (tertiary alicyclic amines) is 1. The second kappa shape index (κ2) is 9.12. The fourth-order valence-corrected chi connectivity index (χ4v) is 2.98. The summed E-state index contributed by atoms with van der Waals surface area (Å²) in [7, 11) is 0. The lowest BCUT2D eigenvalue weighted by Gasteiger charge is -2.33. The smallest absolute Gasteiger partial charge is 0.406 e. The zero-order valence-corrected chi connectivity index (χ0v) is 15.1. The summed E-state index contributed by atoms with van der Waals surface area (Å²) in [6, 6.07) is 5.20. The highest BCUT2D eigenvalue weighted by Crippen LogP contribution is 2.24. The topological polar surface area (TPSA) is 57.1 Å². The maximum Gasteiger partial charge on any atom is 0.573 e. The summed E-state index contributed by atoms with van der Waals surface area (Å²) in [5.41, 5.74) is 0.492. The lowest BCUT2D eigenvalue weighted by molar-refractivity contribution is -0.274. The number of ether oxygens (including phenoxy) is 1. The minimum atomic E-state index is -4.73. The summed E-state index contributed by atoms with van der Waals surface area (Å²) in [6.07, 6.45) is -3.32. The molecule has 0 aromatic heterocycles. The van der Waals surface area contributed by atoms with Crippen LogP contribution in [0.2, 0.25) is 0 Å². The Bertz CT molecular complexity index is 590. The third-order valence-corrected chi connectivity index (χ3v) is 4.20. The summed E-state index contributed by atoms with van der Waals surface area (Å²) in [6.45, 7) is 6.89. The van der Waals surface area contributed by atoms with Gasteiger partial charge in [0.05, 0.1) is 12.6 Å². The molecule has 8 heteroatoms. The Kier molecular flexibility index (Phi) is 7.14. The van der Waals surface area contributed by atoms with E-state index in [9.17, 15) is 18.3 Å². The van der Waals surface area contributed by atoms with Crippen molar-refractivity contribution in [3.05, 3.63) is 29.8 Å². The van der Waals surface area contributed by atoms with Crippen LogP contribution in [0.5, 0.6) is 5.75 Å². The molecule has 2 N–H and O–H groups in total. The van der Waals surface area contributed by atoms with Crippen molar-refractivity contribution in [3.63, 3.8) is 0 Å². The average Bonchev–Trinajstić information content (AvgIpc) is 2.57. The molecule has 26 heavy (non-hydrogen) atoms. The van der Waals surface area contributed by atoms with Gasteiger partial charge < -0.3 is 20.1 Å². The van der Waals surface area contributed by atoms with Crippen LogP contribution in [0.3, 0.4) is 0 Å².